The first-order valence-electron chi connectivity index (χ1n) is 8.35. The molecule has 0 aliphatic heterocycles. The molecule has 0 aliphatic carbocycles. The Morgan fingerprint density at radius 3 is 2.62 bits per heavy atom. The number of amides is 3. The number of hydrogen-bond acceptors (Lipinski definition) is 6. The van der Waals surface area contributed by atoms with Gasteiger partial charge in [0.05, 0.1) is 6.61 Å². The molecule has 140 valence electrons. The summed E-state index contributed by atoms with van der Waals surface area (Å²) in [6.45, 7) is 5.95. The van der Waals surface area contributed by atoms with E-state index in [4.69, 9.17) is 13.9 Å². The van der Waals surface area contributed by atoms with E-state index in [0.29, 0.717) is 24.3 Å². The number of urea groups is 1. The molecule has 26 heavy (non-hydrogen) atoms. The fraction of sp³-hybridized carbons (Fsp3) is 0.389. The smallest absolute Gasteiger partial charge is 0.375 e. The lowest BCUT2D eigenvalue weighted by Gasteiger charge is -2.12. The topological polar surface area (TPSA) is 107 Å². The largest absolute Gasteiger partial charge is 0.449 e. The van der Waals surface area contributed by atoms with Crippen molar-refractivity contribution >= 4 is 28.9 Å². The molecule has 0 saturated heterocycles. The molecule has 8 heteroatoms. The van der Waals surface area contributed by atoms with Gasteiger partial charge < -0.3 is 19.2 Å². The summed E-state index contributed by atoms with van der Waals surface area (Å²) in [5.74, 6) is -1.54. The van der Waals surface area contributed by atoms with Crippen LogP contribution in [-0.2, 0) is 20.9 Å². The van der Waals surface area contributed by atoms with E-state index in [-0.39, 0.29) is 12.4 Å². The van der Waals surface area contributed by atoms with Crippen LogP contribution < -0.4 is 10.6 Å². The highest BCUT2D eigenvalue weighted by Gasteiger charge is 2.26. The Hall–Kier alpha value is -2.87. The van der Waals surface area contributed by atoms with Crippen LogP contribution in [0.1, 0.15) is 36.9 Å². The molecule has 0 aliphatic rings. The van der Waals surface area contributed by atoms with Gasteiger partial charge in [0.15, 0.2) is 6.10 Å². The Labute approximate surface area is 150 Å². The van der Waals surface area contributed by atoms with E-state index in [1.807, 2.05) is 19.1 Å². The van der Waals surface area contributed by atoms with Gasteiger partial charge in [-0.1, -0.05) is 18.2 Å². The van der Waals surface area contributed by atoms with E-state index in [1.54, 1.807) is 19.1 Å². The molecule has 3 amide bonds. The first-order valence-corrected chi connectivity index (χ1v) is 8.35. The number of para-hydroxylation sites is 1. The fourth-order valence-electron chi connectivity index (χ4n) is 2.30. The number of carbonyl (C=O) groups excluding carboxylic acids is 3. The maximum Gasteiger partial charge on any atom is 0.375 e. The van der Waals surface area contributed by atoms with Crippen molar-refractivity contribution in [2.45, 2.75) is 33.5 Å². The molecule has 0 radical (unpaired) electrons. The van der Waals surface area contributed by atoms with E-state index in [2.05, 4.69) is 10.6 Å². The number of benzene rings is 1. The van der Waals surface area contributed by atoms with Crippen LogP contribution in [0.2, 0.25) is 0 Å². The number of furan rings is 1. The molecule has 1 unspecified atom stereocenters. The third kappa shape index (κ3) is 4.60. The number of esters is 1. The van der Waals surface area contributed by atoms with Gasteiger partial charge in [-0.25, -0.2) is 9.59 Å². The van der Waals surface area contributed by atoms with Gasteiger partial charge in [-0.05, 0) is 26.8 Å². The van der Waals surface area contributed by atoms with E-state index in [9.17, 15) is 14.4 Å². The molecule has 1 atom stereocenters. The number of ether oxygens (including phenoxy) is 2. The number of hydrogen-bond donors (Lipinski definition) is 2. The Bertz CT molecular complexity index is 798. The third-order valence-corrected chi connectivity index (χ3v) is 3.56. The highest BCUT2D eigenvalue weighted by molar-refractivity contribution is 6.00. The van der Waals surface area contributed by atoms with E-state index < -0.39 is 24.0 Å². The summed E-state index contributed by atoms with van der Waals surface area (Å²) >= 11 is 0. The molecule has 2 aromatic rings. The van der Waals surface area contributed by atoms with Gasteiger partial charge in [0.25, 0.3) is 5.91 Å². The maximum atomic E-state index is 12.5. The summed E-state index contributed by atoms with van der Waals surface area (Å²) in [6.07, 6.45) is -1.17. The number of nitrogens with one attached hydrogen (secondary N) is 2. The monoisotopic (exact) mass is 362 g/mol. The molecule has 1 aromatic carbocycles. The first-order chi connectivity index (χ1) is 12.5. The second kappa shape index (κ2) is 9.00. The first kappa shape index (κ1) is 19.5. The molecular weight excluding hydrogens is 340 g/mol. The number of imide groups is 1. The van der Waals surface area contributed by atoms with Crippen molar-refractivity contribution in [3.63, 3.8) is 0 Å². The van der Waals surface area contributed by atoms with Crippen LogP contribution in [0.15, 0.2) is 28.7 Å². The lowest BCUT2D eigenvalue weighted by molar-refractivity contribution is -0.128. The zero-order chi connectivity index (χ0) is 19.1. The van der Waals surface area contributed by atoms with E-state index >= 15 is 0 Å². The molecule has 0 fully saturated rings. The molecule has 8 nitrogen and oxygen atoms in total. The van der Waals surface area contributed by atoms with Gasteiger partial charge >= 0.3 is 12.0 Å². The minimum absolute atomic E-state index is 0.0164. The highest BCUT2D eigenvalue weighted by Crippen LogP contribution is 2.27. The quantitative estimate of drug-likeness (QED) is 0.732. The minimum Gasteiger partial charge on any atom is -0.449 e. The van der Waals surface area contributed by atoms with E-state index in [0.717, 1.165) is 5.39 Å². The van der Waals surface area contributed by atoms with Crippen molar-refractivity contribution in [1.29, 1.82) is 0 Å². The van der Waals surface area contributed by atoms with Gasteiger partial charge in [-0.2, -0.15) is 0 Å². The fourth-order valence-corrected chi connectivity index (χ4v) is 2.30. The summed E-state index contributed by atoms with van der Waals surface area (Å²) < 4.78 is 16.1. The van der Waals surface area contributed by atoms with Crippen LogP contribution in [0.4, 0.5) is 4.79 Å². The summed E-state index contributed by atoms with van der Waals surface area (Å²) in [4.78, 5) is 35.8. The van der Waals surface area contributed by atoms with Crippen molar-refractivity contribution in [2.24, 2.45) is 0 Å². The van der Waals surface area contributed by atoms with Crippen LogP contribution in [0, 0.1) is 0 Å². The standard InChI is InChI=1S/C18H22N2O6/c1-4-19-18(23)20-16(21)11(3)25-17(22)15-13(10-24-5-2)12-8-6-7-9-14(12)26-15/h6-9,11H,4-5,10H2,1-3H3,(H2,19,20,21,23). The van der Waals surface area contributed by atoms with Crippen LogP contribution in [-0.4, -0.2) is 37.2 Å². The predicted molar refractivity (Wildman–Crippen MR) is 93.6 cm³/mol. The molecule has 1 heterocycles. The normalized spacial score (nSPS) is 11.8. The summed E-state index contributed by atoms with van der Waals surface area (Å²) in [7, 11) is 0. The molecule has 0 bridgehead atoms. The van der Waals surface area contributed by atoms with Gasteiger partial charge in [0.1, 0.15) is 5.58 Å². The van der Waals surface area contributed by atoms with Crippen LogP contribution in [0.5, 0.6) is 0 Å². The highest BCUT2D eigenvalue weighted by atomic mass is 16.6. The molecule has 0 spiro atoms. The van der Waals surface area contributed by atoms with Gasteiger partial charge in [-0.15, -0.1) is 0 Å². The predicted octanol–water partition coefficient (Wildman–Crippen LogP) is 2.36. The van der Waals surface area contributed by atoms with Crippen LogP contribution in [0.25, 0.3) is 11.0 Å². The minimum atomic E-state index is -1.17. The SMILES string of the molecule is CCNC(=O)NC(=O)C(C)OC(=O)c1oc2ccccc2c1COCC. The summed E-state index contributed by atoms with van der Waals surface area (Å²) in [5, 5.41) is 5.25. The zero-order valence-electron chi connectivity index (χ0n) is 15.0. The second-order valence-electron chi connectivity index (χ2n) is 5.44. The molecular formula is C18H22N2O6. The number of carbonyl (C=O) groups is 3. The maximum absolute atomic E-state index is 12.5. The van der Waals surface area contributed by atoms with Crippen molar-refractivity contribution in [1.82, 2.24) is 10.6 Å². The lowest BCUT2D eigenvalue weighted by Crippen LogP contribution is -2.44. The molecule has 2 N–H and O–H groups in total. The second-order valence-corrected chi connectivity index (χ2v) is 5.44. The average molecular weight is 362 g/mol. The molecule has 1 aromatic heterocycles. The van der Waals surface area contributed by atoms with Crippen molar-refractivity contribution in [2.75, 3.05) is 13.2 Å². The van der Waals surface area contributed by atoms with Gasteiger partial charge in [0, 0.05) is 24.1 Å². The van der Waals surface area contributed by atoms with Crippen molar-refractivity contribution in [3.8, 4) is 0 Å². The van der Waals surface area contributed by atoms with Crippen molar-refractivity contribution < 1.29 is 28.3 Å². The Kier molecular flexibility index (Phi) is 6.74. The average Bonchev–Trinajstić information content (AvgIpc) is 2.98. The molecule has 0 saturated carbocycles. The van der Waals surface area contributed by atoms with Crippen molar-refractivity contribution in [3.05, 3.63) is 35.6 Å². The van der Waals surface area contributed by atoms with Gasteiger partial charge in [-0.3, -0.25) is 10.1 Å². The number of rotatable bonds is 7. The summed E-state index contributed by atoms with van der Waals surface area (Å²) in [6, 6.07) is 6.50. The van der Waals surface area contributed by atoms with Crippen LogP contribution in [0.3, 0.4) is 0 Å². The summed E-state index contributed by atoms with van der Waals surface area (Å²) in [5.41, 5.74) is 1.08. The lowest BCUT2D eigenvalue weighted by atomic mass is 10.1. The Balaban J connectivity index is 2.15. The third-order valence-electron chi connectivity index (χ3n) is 3.56. The van der Waals surface area contributed by atoms with Crippen LogP contribution >= 0.6 is 0 Å². The molecule has 2 rings (SSSR count). The Morgan fingerprint density at radius 2 is 1.92 bits per heavy atom. The van der Waals surface area contributed by atoms with Gasteiger partial charge in [0.2, 0.25) is 5.76 Å². The Morgan fingerprint density at radius 1 is 1.19 bits per heavy atom. The number of fused-ring (bicyclic) bond motifs is 1. The van der Waals surface area contributed by atoms with E-state index in [1.165, 1.54) is 6.92 Å². The zero-order valence-corrected chi connectivity index (χ0v) is 15.0.